The zero-order valence-electron chi connectivity index (χ0n) is 16.3. The topological polar surface area (TPSA) is 67.6 Å². The summed E-state index contributed by atoms with van der Waals surface area (Å²) >= 11 is 0. The van der Waals surface area contributed by atoms with Gasteiger partial charge in [0.05, 0.1) is 6.10 Å². The first kappa shape index (κ1) is 25.1. The number of nitrogens with two attached hydrogens (primary N) is 1. The lowest BCUT2D eigenvalue weighted by Crippen LogP contribution is -2.49. The van der Waals surface area contributed by atoms with Crippen molar-refractivity contribution < 1.29 is 13.9 Å². The zero-order chi connectivity index (χ0) is 18.5. The van der Waals surface area contributed by atoms with Crippen LogP contribution in [0.5, 0.6) is 0 Å². The van der Waals surface area contributed by atoms with Crippen LogP contribution in [0.15, 0.2) is 24.3 Å². The van der Waals surface area contributed by atoms with Crippen LogP contribution in [-0.4, -0.2) is 49.2 Å². The number of nitrogens with zero attached hydrogens (tertiary/aromatic N) is 1. The summed E-state index contributed by atoms with van der Waals surface area (Å²) in [5, 5.41) is 3.22. The van der Waals surface area contributed by atoms with Crippen LogP contribution >= 0.6 is 24.8 Å². The van der Waals surface area contributed by atoms with Crippen molar-refractivity contribution in [3.63, 3.8) is 0 Å². The number of carbonyl (C=O) groups excluding carboxylic acids is 1. The quantitative estimate of drug-likeness (QED) is 0.745. The van der Waals surface area contributed by atoms with Gasteiger partial charge < -0.3 is 15.8 Å². The molecule has 3 atom stereocenters. The molecule has 0 aromatic heterocycles. The molecule has 160 valence electrons. The van der Waals surface area contributed by atoms with Crippen LogP contribution in [0.3, 0.4) is 0 Å². The smallest absolute Gasteiger partial charge is 0.223 e. The standard InChI is InChI=1S/C20H30FN3O2.2ClH/c1-26-19-7-4-15(12-18(19)22)20(25)23-17-8-10-24(11-9-17)13-14-2-5-16(21)6-3-14;;/h2-3,5-6,15,17-19H,4,7-13,22H2,1H3,(H,23,25);2*1H/t15-,18+,19+;;/m0../s1. The summed E-state index contributed by atoms with van der Waals surface area (Å²) in [6.07, 6.45) is 4.38. The van der Waals surface area contributed by atoms with Crippen LogP contribution in [0.25, 0.3) is 0 Å². The Balaban J connectivity index is 0.00000196. The molecule has 0 radical (unpaired) electrons. The van der Waals surface area contributed by atoms with Gasteiger partial charge in [0.25, 0.3) is 0 Å². The Bertz CT molecular complexity index is 598. The Kier molecular flexibility index (Phi) is 10.7. The summed E-state index contributed by atoms with van der Waals surface area (Å²) in [6.45, 7) is 2.72. The number of nitrogens with one attached hydrogen (secondary N) is 1. The van der Waals surface area contributed by atoms with Crippen LogP contribution in [0.1, 0.15) is 37.7 Å². The molecular weight excluding hydrogens is 404 g/mol. The van der Waals surface area contributed by atoms with Crippen molar-refractivity contribution in [2.75, 3.05) is 20.2 Å². The average molecular weight is 436 g/mol. The normalized spacial score (nSPS) is 26.0. The lowest BCUT2D eigenvalue weighted by atomic mass is 9.83. The van der Waals surface area contributed by atoms with Crippen LogP contribution in [-0.2, 0) is 16.1 Å². The number of methoxy groups -OCH3 is 1. The minimum absolute atomic E-state index is 0. The van der Waals surface area contributed by atoms with Crippen molar-refractivity contribution in [3.8, 4) is 0 Å². The van der Waals surface area contributed by atoms with Crippen LogP contribution in [0, 0.1) is 11.7 Å². The molecule has 3 N–H and O–H groups in total. The summed E-state index contributed by atoms with van der Waals surface area (Å²) in [5.74, 6) is -0.0462. The van der Waals surface area contributed by atoms with Crippen molar-refractivity contribution in [3.05, 3.63) is 35.6 Å². The number of likely N-dealkylation sites (tertiary alicyclic amines) is 1. The van der Waals surface area contributed by atoms with Crippen molar-refractivity contribution in [2.24, 2.45) is 11.7 Å². The summed E-state index contributed by atoms with van der Waals surface area (Å²) in [5.41, 5.74) is 7.24. The number of ether oxygens (including phenoxy) is 1. The van der Waals surface area contributed by atoms with Gasteiger partial charge in [-0.15, -0.1) is 24.8 Å². The van der Waals surface area contributed by atoms with Gasteiger partial charge in [-0.3, -0.25) is 9.69 Å². The van der Waals surface area contributed by atoms with E-state index in [2.05, 4.69) is 10.2 Å². The maximum Gasteiger partial charge on any atom is 0.223 e. The molecule has 28 heavy (non-hydrogen) atoms. The molecule has 1 saturated carbocycles. The van der Waals surface area contributed by atoms with E-state index >= 15 is 0 Å². The molecule has 1 aliphatic carbocycles. The minimum Gasteiger partial charge on any atom is -0.380 e. The monoisotopic (exact) mass is 435 g/mol. The number of piperidine rings is 1. The van der Waals surface area contributed by atoms with E-state index in [1.807, 2.05) is 12.1 Å². The third kappa shape index (κ3) is 6.85. The Morgan fingerprint density at radius 2 is 1.82 bits per heavy atom. The highest BCUT2D eigenvalue weighted by Crippen LogP contribution is 2.26. The largest absolute Gasteiger partial charge is 0.380 e. The highest BCUT2D eigenvalue weighted by Gasteiger charge is 2.33. The second kappa shape index (κ2) is 11.9. The molecule has 1 amide bonds. The van der Waals surface area contributed by atoms with E-state index in [9.17, 15) is 9.18 Å². The molecule has 1 saturated heterocycles. The van der Waals surface area contributed by atoms with Gasteiger partial charge in [-0.1, -0.05) is 12.1 Å². The third-order valence-corrected chi connectivity index (χ3v) is 5.76. The number of hydrogen-bond acceptors (Lipinski definition) is 4. The van der Waals surface area contributed by atoms with Gasteiger partial charge in [0.15, 0.2) is 0 Å². The Morgan fingerprint density at radius 3 is 2.39 bits per heavy atom. The lowest BCUT2D eigenvalue weighted by Gasteiger charge is -2.35. The second-order valence-corrected chi connectivity index (χ2v) is 7.63. The van der Waals surface area contributed by atoms with Gasteiger partial charge in [-0.2, -0.15) is 0 Å². The minimum atomic E-state index is -0.200. The number of amides is 1. The van der Waals surface area contributed by atoms with E-state index in [1.54, 1.807) is 7.11 Å². The van der Waals surface area contributed by atoms with Crippen molar-refractivity contribution >= 4 is 30.7 Å². The van der Waals surface area contributed by atoms with E-state index in [0.29, 0.717) is 6.42 Å². The van der Waals surface area contributed by atoms with Gasteiger partial charge in [0.1, 0.15) is 5.82 Å². The van der Waals surface area contributed by atoms with Crippen molar-refractivity contribution in [2.45, 2.75) is 56.8 Å². The molecule has 1 heterocycles. The fraction of sp³-hybridized carbons (Fsp3) is 0.650. The summed E-state index contributed by atoms with van der Waals surface area (Å²) in [4.78, 5) is 14.9. The van der Waals surface area contributed by atoms with E-state index in [1.165, 1.54) is 12.1 Å². The fourth-order valence-electron chi connectivity index (χ4n) is 4.11. The number of rotatable bonds is 5. The highest BCUT2D eigenvalue weighted by atomic mass is 35.5. The summed E-state index contributed by atoms with van der Waals surface area (Å²) < 4.78 is 18.4. The number of hydrogen-bond donors (Lipinski definition) is 2. The molecule has 1 aromatic carbocycles. The molecule has 0 bridgehead atoms. The predicted octanol–water partition coefficient (Wildman–Crippen LogP) is 2.89. The molecule has 2 fully saturated rings. The molecule has 3 rings (SSSR count). The summed E-state index contributed by atoms with van der Waals surface area (Å²) in [6, 6.07) is 6.87. The van der Waals surface area contributed by atoms with Crippen LogP contribution in [0.4, 0.5) is 4.39 Å². The van der Waals surface area contributed by atoms with E-state index in [0.717, 1.165) is 50.9 Å². The molecule has 1 aromatic rings. The average Bonchev–Trinajstić information content (AvgIpc) is 2.65. The van der Waals surface area contributed by atoms with E-state index in [-0.39, 0.29) is 60.6 Å². The maximum absolute atomic E-state index is 13.0. The number of benzene rings is 1. The van der Waals surface area contributed by atoms with E-state index in [4.69, 9.17) is 10.5 Å². The fourth-order valence-corrected chi connectivity index (χ4v) is 4.11. The molecule has 0 spiro atoms. The van der Waals surface area contributed by atoms with Crippen molar-refractivity contribution in [1.29, 1.82) is 0 Å². The molecular formula is C20H32Cl2FN3O2. The maximum atomic E-state index is 13.0. The first-order chi connectivity index (χ1) is 12.5. The van der Waals surface area contributed by atoms with Crippen molar-refractivity contribution in [1.82, 2.24) is 10.2 Å². The highest BCUT2D eigenvalue weighted by molar-refractivity contribution is 5.85. The SMILES string of the molecule is CO[C@@H]1CC[C@H](C(=O)NC2CCN(Cc3ccc(F)cc3)CC2)C[C@H]1N.Cl.Cl. The van der Waals surface area contributed by atoms with Gasteiger partial charge in [0, 0.05) is 44.7 Å². The number of carbonyl (C=O) groups is 1. The third-order valence-electron chi connectivity index (χ3n) is 5.76. The van der Waals surface area contributed by atoms with Crippen LogP contribution in [0.2, 0.25) is 0 Å². The molecule has 2 aliphatic rings. The molecule has 5 nitrogen and oxygen atoms in total. The number of halogens is 3. The zero-order valence-corrected chi connectivity index (χ0v) is 17.9. The summed E-state index contributed by atoms with van der Waals surface area (Å²) in [7, 11) is 1.69. The molecule has 8 heteroatoms. The Morgan fingerprint density at radius 1 is 1.18 bits per heavy atom. The lowest BCUT2D eigenvalue weighted by molar-refractivity contribution is -0.128. The predicted molar refractivity (Wildman–Crippen MR) is 113 cm³/mol. The van der Waals surface area contributed by atoms with Gasteiger partial charge >= 0.3 is 0 Å². The van der Waals surface area contributed by atoms with E-state index < -0.39 is 0 Å². The van der Waals surface area contributed by atoms with Gasteiger partial charge in [0.2, 0.25) is 5.91 Å². The Hall–Kier alpha value is -0.920. The first-order valence-electron chi connectivity index (χ1n) is 9.60. The molecule has 1 aliphatic heterocycles. The first-order valence-corrected chi connectivity index (χ1v) is 9.60. The van der Waals surface area contributed by atoms with Crippen LogP contribution < -0.4 is 11.1 Å². The van der Waals surface area contributed by atoms with Gasteiger partial charge in [-0.25, -0.2) is 4.39 Å². The second-order valence-electron chi connectivity index (χ2n) is 7.63. The Labute approximate surface area is 179 Å². The molecule has 0 unspecified atom stereocenters. The van der Waals surface area contributed by atoms with Gasteiger partial charge in [-0.05, 0) is 49.8 Å².